The van der Waals surface area contributed by atoms with Crippen LogP contribution in [-0.2, 0) is 16.1 Å². The molecule has 23 heavy (non-hydrogen) atoms. The van der Waals surface area contributed by atoms with E-state index in [1.54, 1.807) is 6.92 Å². The molecule has 1 aromatic carbocycles. The third-order valence-corrected chi connectivity index (χ3v) is 2.73. The molecule has 8 nitrogen and oxygen atoms in total. The summed E-state index contributed by atoms with van der Waals surface area (Å²) in [5, 5.41) is 2.27. The Morgan fingerprint density at radius 3 is 2.61 bits per heavy atom. The second kappa shape index (κ2) is 7.74. The summed E-state index contributed by atoms with van der Waals surface area (Å²) in [4.78, 5) is 40.9. The Morgan fingerprint density at radius 2 is 1.96 bits per heavy atom. The highest BCUT2D eigenvalue weighted by Gasteiger charge is 2.14. The molecule has 0 saturated carbocycles. The van der Waals surface area contributed by atoms with Gasteiger partial charge in [0, 0.05) is 0 Å². The summed E-state index contributed by atoms with van der Waals surface area (Å²) in [7, 11) is 0. The van der Waals surface area contributed by atoms with Crippen LogP contribution >= 0.6 is 0 Å². The summed E-state index contributed by atoms with van der Waals surface area (Å²) in [5.41, 5.74) is -0.131. The molecule has 1 heterocycles. The van der Waals surface area contributed by atoms with Crippen molar-refractivity contribution < 1.29 is 19.1 Å². The van der Waals surface area contributed by atoms with Crippen molar-refractivity contribution in [1.29, 1.82) is 0 Å². The number of rotatable bonds is 5. The van der Waals surface area contributed by atoms with Crippen molar-refractivity contribution in [2.24, 2.45) is 0 Å². The van der Waals surface area contributed by atoms with Gasteiger partial charge < -0.3 is 9.47 Å². The van der Waals surface area contributed by atoms with Gasteiger partial charge in [0.05, 0.1) is 12.8 Å². The van der Waals surface area contributed by atoms with Gasteiger partial charge in [-0.15, -0.1) is 0 Å². The number of esters is 1. The van der Waals surface area contributed by atoms with Crippen LogP contribution in [0.15, 0.2) is 41.3 Å². The maximum atomic E-state index is 11.7. The molecule has 0 radical (unpaired) electrons. The molecule has 1 aromatic heterocycles. The quantitative estimate of drug-likeness (QED) is 0.812. The maximum Gasteiger partial charge on any atom is 0.414 e. The molecule has 0 bridgehead atoms. The number of nitrogens with one attached hydrogen (secondary N) is 2. The van der Waals surface area contributed by atoms with Crippen LogP contribution in [-0.4, -0.2) is 28.6 Å². The molecule has 0 aliphatic heterocycles. The van der Waals surface area contributed by atoms with Crippen LogP contribution in [0, 0.1) is 0 Å². The fraction of sp³-hybridized carbons (Fsp3) is 0.200. The van der Waals surface area contributed by atoms with Gasteiger partial charge in [0.1, 0.15) is 12.2 Å². The molecule has 0 atom stereocenters. The van der Waals surface area contributed by atoms with Crippen molar-refractivity contribution in [3.63, 3.8) is 0 Å². The number of ether oxygens (including phenoxy) is 2. The molecule has 2 aromatic rings. The summed E-state index contributed by atoms with van der Waals surface area (Å²) in [6.45, 7) is 1.85. The second-order valence-electron chi connectivity index (χ2n) is 4.38. The van der Waals surface area contributed by atoms with E-state index in [2.05, 4.69) is 15.3 Å². The minimum atomic E-state index is -0.778. The van der Waals surface area contributed by atoms with Gasteiger partial charge in [-0.25, -0.2) is 14.6 Å². The number of benzene rings is 1. The minimum Gasteiger partial charge on any atom is -0.462 e. The first-order valence-electron chi connectivity index (χ1n) is 6.84. The molecule has 2 N–H and O–H groups in total. The SMILES string of the molecule is CCOC(=O)c1cnc(NC(=O)OCc2ccccc2)[nH]c1=O. The lowest BCUT2D eigenvalue weighted by Gasteiger charge is -2.06. The first-order valence-corrected chi connectivity index (χ1v) is 6.84. The molecular formula is C15H15N3O5. The Hall–Kier alpha value is -3.16. The van der Waals surface area contributed by atoms with Crippen LogP contribution in [0.2, 0.25) is 0 Å². The highest BCUT2D eigenvalue weighted by atomic mass is 16.5. The predicted molar refractivity (Wildman–Crippen MR) is 81.1 cm³/mol. The van der Waals surface area contributed by atoms with E-state index in [1.165, 1.54) is 0 Å². The highest BCUT2D eigenvalue weighted by Crippen LogP contribution is 2.03. The van der Waals surface area contributed by atoms with Crippen molar-refractivity contribution in [1.82, 2.24) is 9.97 Å². The first kappa shape index (κ1) is 16.2. The lowest BCUT2D eigenvalue weighted by molar-refractivity contribution is 0.0524. The van der Waals surface area contributed by atoms with Crippen LogP contribution in [0.1, 0.15) is 22.8 Å². The van der Waals surface area contributed by atoms with Gasteiger partial charge in [0.15, 0.2) is 0 Å². The van der Waals surface area contributed by atoms with Gasteiger partial charge >= 0.3 is 12.1 Å². The van der Waals surface area contributed by atoms with E-state index in [9.17, 15) is 14.4 Å². The van der Waals surface area contributed by atoms with Crippen LogP contribution in [0.5, 0.6) is 0 Å². The van der Waals surface area contributed by atoms with Gasteiger partial charge in [-0.3, -0.25) is 15.1 Å². The second-order valence-corrected chi connectivity index (χ2v) is 4.38. The average Bonchev–Trinajstić information content (AvgIpc) is 2.54. The average molecular weight is 317 g/mol. The smallest absolute Gasteiger partial charge is 0.414 e. The van der Waals surface area contributed by atoms with E-state index in [1.807, 2.05) is 30.3 Å². The lowest BCUT2D eigenvalue weighted by Crippen LogP contribution is -2.24. The van der Waals surface area contributed by atoms with Crippen molar-refractivity contribution in [2.75, 3.05) is 11.9 Å². The normalized spacial score (nSPS) is 9.96. The van der Waals surface area contributed by atoms with Crippen LogP contribution in [0.3, 0.4) is 0 Å². The van der Waals surface area contributed by atoms with E-state index in [-0.39, 0.29) is 24.7 Å². The van der Waals surface area contributed by atoms with E-state index in [4.69, 9.17) is 9.47 Å². The van der Waals surface area contributed by atoms with Crippen molar-refractivity contribution in [3.05, 3.63) is 58.0 Å². The van der Waals surface area contributed by atoms with Crippen LogP contribution in [0.4, 0.5) is 10.7 Å². The number of H-pyrrole nitrogens is 1. The molecule has 0 aliphatic rings. The number of carbonyl (C=O) groups is 2. The number of hydrogen-bond acceptors (Lipinski definition) is 6. The zero-order valence-corrected chi connectivity index (χ0v) is 12.4. The molecule has 0 saturated heterocycles. The van der Waals surface area contributed by atoms with E-state index < -0.39 is 17.6 Å². The summed E-state index contributed by atoms with van der Waals surface area (Å²) in [5.74, 6) is -0.902. The van der Waals surface area contributed by atoms with Crippen molar-refractivity contribution in [3.8, 4) is 0 Å². The third-order valence-electron chi connectivity index (χ3n) is 2.73. The predicted octanol–water partition coefficient (Wildman–Crippen LogP) is 1.70. The Morgan fingerprint density at radius 1 is 1.22 bits per heavy atom. The number of amides is 1. The van der Waals surface area contributed by atoms with Gasteiger partial charge in [0.2, 0.25) is 5.95 Å². The molecule has 120 valence electrons. The third kappa shape index (κ3) is 4.67. The minimum absolute atomic E-state index is 0.0812. The molecule has 2 rings (SSSR count). The maximum absolute atomic E-state index is 11.7. The van der Waals surface area contributed by atoms with Crippen LogP contribution in [0.25, 0.3) is 0 Å². The fourth-order valence-electron chi connectivity index (χ4n) is 1.67. The molecular weight excluding hydrogens is 302 g/mol. The summed E-state index contributed by atoms with van der Waals surface area (Å²) in [6.07, 6.45) is 0.254. The zero-order chi connectivity index (χ0) is 16.7. The number of anilines is 1. The van der Waals surface area contributed by atoms with E-state index in [0.29, 0.717) is 0 Å². The number of carbonyl (C=O) groups excluding carboxylic acids is 2. The Bertz CT molecular complexity index is 742. The molecule has 0 unspecified atom stereocenters. The topological polar surface area (TPSA) is 110 Å². The van der Waals surface area contributed by atoms with E-state index >= 15 is 0 Å². The lowest BCUT2D eigenvalue weighted by atomic mass is 10.2. The highest BCUT2D eigenvalue weighted by molar-refractivity contribution is 5.89. The van der Waals surface area contributed by atoms with Gasteiger partial charge in [-0.1, -0.05) is 30.3 Å². The Balaban J connectivity index is 1.95. The Kier molecular flexibility index (Phi) is 5.45. The monoisotopic (exact) mass is 317 g/mol. The zero-order valence-electron chi connectivity index (χ0n) is 12.4. The van der Waals surface area contributed by atoms with Crippen molar-refractivity contribution >= 4 is 18.0 Å². The number of hydrogen-bond donors (Lipinski definition) is 2. The first-order chi connectivity index (χ1) is 11.1. The van der Waals surface area contributed by atoms with Crippen LogP contribution < -0.4 is 10.9 Å². The number of aromatic nitrogens is 2. The molecule has 8 heteroatoms. The van der Waals surface area contributed by atoms with E-state index in [0.717, 1.165) is 11.8 Å². The van der Waals surface area contributed by atoms with Gasteiger partial charge in [-0.2, -0.15) is 0 Å². The van der Waals surface area contributed by atoms with Crippen molar-refractivity contribution in [2.45, 2.75) is 13.5 Å². The molecule has 0 aliphatic carbocycles. The summed E-state index contributed by atoms with van der Waals surface area (Å²) in [6, 6.07) is 9.11. The summed E-state index contributed by atoms with van der Waals surface area (Å²) >= 11 is 0. The van der Waals surface area contributed by atoms with Gasteiger partial charge in [0.25, 0.3) is 5.56 Å². The number of nitrogens with zero attached hydrogens (tertiary/aromatic N) is 1. The van der Waals surface area contributed by atoms with Gasteiger partial charge in [-0.05, 0) is 12.5 Å². The summed E-state index contributed by atoms with van der Waals surface area (Å²) < 4.78 is 9.69. The molecule has 0 fully saturated rings. The fourth-order valence-corrected chi connectivity index (χ4v) is 1.67. The molecule has 0 spiro atoms. The standard InChI is InChI=1S/C15H15N3O5/c1-2-22-13(20)11-8-16-14(17-12(11)19)18-15(21)23-9-10-6-4-3-5-7-10/h3-8H,2,9H2,1H3,(H2,16,17,18,19,21). The number of aromatic amines is 1. The molecule has 1 amide bonds. The largest absolute Gasteiger partial charge is 0.462 e. The Labute approximate surface area is 131 Å².